The molecule has 0 heterocycles. The lowest BCUT2D eigenvalue weighted by Crippen LogP contribution is -2.35. The van der Waals surface area contributed by atoms with Crippen LogP contribution in [0, 0.1) is 17.3 Å². The maximum absolute atomic E-state index is 12.1. The Morgan fingerprint density at radius 1 is 0.964 bits per heavy atom. The molecule has 0 radical (unpaired) electrons. The van der Waals surface area contributed by atoms with Gasteiger partial charge in [0.15, 0.2) is 0 Å². The first kappa shape index (κ1) is 29.6. The lowest BCUT2D eigenvalue weighted by molar-refractivity contribution is -0.148. The molecule has 1 aliphatic rings. The van der Waals surface area contributed by atoms with E-state index in [4.69, 9.17) is 20.9 Å². The number of carbonyl (C=O) groups is 2. The van der Waals surface area contributed by atoms with Crippen LogP contribution in [0.3, 0.4) is 0 Å². The first-order valence-electron chi connectivity index (χ1n) is 10.1. The van der Waals surface area contributed by atoms with Crippen molar-refractivity contribution >= 4 is 36.8 Å². The second-order valence-electron chi connectivity index (χ2n) is 8.17. The number of ether oxygens (including phenoxy) is 2. The van der Waals surface area contributed by atoms with Crippen LogP contribution in [0.25, 0.3) is 0 Å². The quantitative estimate of drug-likeness (QED) is 0.353. The largest absolute Gasteiger partial charge is 0.466 e. The van der Waals surface area contributed by atoms with Crippen LogP contribution >= 0.6 is 24.8 Å². The van der Waals surface area contributed by atoms with E-state index >= 15 is 0 Å². The van der Waals surface area contributed by atoms with Gasteiger partial charge in [0, 0.05) is 12.8 Å². The number of hydrogen-bond acceptors (Lipinski definition) is 6. The smallest absolute Gasteiger partial charge is 0.306 e. The molecule has 6 nitrogen and oxygen atoms in total. The highest BCUT2D eigenvalue weighted by Gasteiger charge is 2.33. The summed E-state index contributed by atoms with van der Waals surface area (Å²) in [4.78, 5) is 23.9. The van der Waals surface area contributed by atoms with E-state index < -0.39 is 0 Å². The average molecular weight is 443 g/mol. The van der Waals surface area contributed by atoms with Gasteiger partial charge in [-0.1, -0.05) is 33.1 Å². The Labute approximate surface area is 182 Å². The topological polar surface area (TPSA) is 105 Å². The maximum atomic E-state index is 12.1. The molecule has 0 bridgehead atoms. The molecule has 0 aromatic carbocycles. The van der Waals surface area contributed by atoms with Crippen molar-refractivity contribution in [2.24, 2.45) is 28.7 Å². The van der Waals surface area contributed by atoms with E-state index in [-0.39, 0.29) is 61.3 Å². The summed E-state index contributed by atoms with van der Waals surface area (Å²) in [5.41, 5.74) is 11.5. The van der Waals surface area contributed by atoms with Gasteiger partial charge in [0.05, 0.1) is 19.6 Å². The van der Waals surface area contributed by atoms with Crippen LogP contribution in [-0.4, -0.2) is 38.2 Å². The zero-order chi connectivity index (χ0) is 19.4. The lowest BCUT2D eigenvalue weighted by atomic mass is 9.72. The minimum absolute atomic E-state index is 0. The molecule has 0 spiro atoms. The van der Waals surface area contributed by atoms with Crippen molar-refractivity contribution in [3.8, 4) is 0 Å². The first-order valence-corrected chi connectivity index (χ1v) is 10.1. The van der Waals surface area contributed by atoms with E-state index in [1.165, 1.54) is 6.42 Å². The Bertz CT molecular complexity index is 430. The van der Waals surface area contributed by atoms with Gasteiger partial charge in [0.1, 0.15) is 0 Å². The Balaban J connectivity index is 0. The van der Waals surface area contributed by atoms with Crippen LogP contribution in [0.1, 0.15) is 71.6 Å². The molecule has 168 valence electrons. The van der Waals surface area contributed by atoms with E-state index in [0.29, 0.717) is 38.3 Å². The highest BCUT2D eigenvalue weighted by Crippen LogP contribution is 2.38. The standard InChI is InChI=1S/C20H38N2O4.2ClH/c1-16(2)11-17(14-21)12-18(23)25-9-6-10-26-19(24)13-20(15-22)7-4-3-5-8-20;;/h16-17H,3-15,21-22H2,1-2H3;2*1H/t17-;;/m0../s1. The van der Waals surface area contributed by atoms with Gasteiger partial charge in [-0.25, -0.2) is 0 Å². The highest BCUT2D eigenvalue weighted by molar-refractivity contribution is 5.85. The van der Waals surface area contributed by atoms with Crippen LogP contribution < -0.4 is 11.5 Å². The van der Waals surface area contributed by atoms with E-state index in [1.54, 1.807) is 0 Å². The molecule has 8 heteroatoms. The van der Waals surface area contributed by atoms with Gasteiger partial charge >= 0.3 is 11.9 Å². The molecule has 4 N–H and O–H groups in total. The van der Waals surface area contributed by atoms with Crippen molar-refractivity contribution in [2.45, 2.75) is 71.6 Å². The zero-order valence-corrected chi connectivity index (χ0v) is 19.1. The second kappa shape index (κ2) is 16.3. The molecule has 0 aromatic rings. The molecular weight excluding hydrogens is 403 g/mol. The van der Waals surface area contributed by atoms with Gasteiger partial charge in [-0.15, -0.1) is 24.8 Å². The molecule has 28 heavy (non-hydrogen) atoms. The summed E-state index contributed by atoms with van der Waals surface area (Å²) in [6.07, 6.45) is 7.72. The molecule has 1 rings (SSSR count). The summed E-state index contributed by atoms with van der Waals surface area (Å²) in [6, 6.07) is 0. The van der Waals surface area contributed by atoms with Crippen molar-refractivity contribution in [2.75, 3.05) is 26.3 Å². The third-order valence-electron chi connectivity index (χ3n) is 5.27. The molecule has 0 amide bonds. The number of halogens is 2. The zero-order valence-electron chi connectivity index (χ0n) is 17.5. The predicted molar refractivity (Wildman–Crippen MR) is 117 cm³/mol. The molecule has 1 atom stereocenters. The maximum Gasteiger partial charge on any atom is 0.306 e. The van der Waals surface area contributed by atoms with Crippen molar-refractivity contribution in [3.63, 3.8) is 0 Å². The normalized spacial score (nSPS) is 16.5. The van der Waals surface area contributed by atoms with Crippen LogP contribution in [0.4, 0.5) is 0 Å². The second-order valence-corrected chi connectivity index (χ2v) is 8.17. The summed E-state index contributed by atoms with van der Waals surface area (Å²) in [5.74, 6) is 0.264. The molecule has 1 fully saturated rings. The number of nitrogens with two attached hydrogens (primary N) is 2. The van der Waals surface area contributed by atoms with Crippen molar-refractivity contribution < 1.29 is 19.1 Å². The summed E-state index contributed by atoms with van der Waals surface area (Å²) in [5, 5.41) is 0. The van der Waals surface area contributed by atoms with Gasteiger partial charge in [-0.2, -0.15) is 0 Å². The van der Waals surface area contributed by atoms with E-state index in [1.807, 2.05) is 0 Å². The third kappa shape index (κ3) is 12.1. The number of hydrogen-bond donors (Lipinski definition) is 2. The van der Waals surface area contributed by atoms with Gasteiger partial charge < -0.3 is 20.9 Å². The van der Waals surface area contributed by atoms with Crippen molar-refractivity contribution in [3.05, 3.63) is 0 Å². The highest BCUT2D eigenvalue weighted by atomic mass is 35.5. The Hall–Kier alpha value is -0.560. The van der Waals surface area contributed by atoms with Gasteiger partial charge in [-0.05, 0) is 49.6 Å². The fourth-order valence-corrected chi connectivity index (χ4v) is 3.77. The lowest BCUT2D eigenvalue weighted by Gasteiger charge is -2.35. The monoisotopic (exact) mass is 442 g/mol. The fourth-order valence-electron chi connectivity index (χ4n) is 3.77. The van der Waals surface area contributed by atoms with Crippen LogP contribution in [0.15, 0.2) is 0 Å². The number of rotatable bonds is 12. The van der Waals surface area contributed by atoms with Crippen LogP contribution in [0.2, 0.25) is 0 Å². The van der Waals surface area contributed by atoms with Gasteiger partial charge in [0.2, 0.25) is 0 Å². The summed E-state index contributed by atoms with van der Waals surface area (Å²) in [7, 11) is 0. The van der Waals surface area contributed by atoms with Crippen LogP contribution in [0.5, 0.6) is 0 Å². The minimum atomic E-state index is -0.225. The molecule has 1 saturated carbocycles. The van der Waals surface area contributed by atoms with Crippen LogP contribution in [-0.2, 0) is 19.1 Å². The number of esters is 2. The van der Waals surface area contributed by atoms with E-state index in [9.17, 15) is 9.59 Å². The SMILES string of the molecule is CC(C)C[C@H](CN)CC(=O)OCCCOC(=O)CC1(CN)CCCCC1.Cl.Cl. The summed E-state index contributed by atoms with van der Waals surface area (Å²) in [6.45, 7) is 5.81. The average Bonchev–Trinajstić information content (AvgIpc) is 2.61. The van der Waals surface area contributed by atoms with E-state index in [0.717, 1.165) is 32.1 Å². The number of carbonyl (C=O) groups excluding carboxylic acids is 2. The molecular formula is C20H40Cl2N2O4. The Kier molecular flexibility index (Phi) is 17.2. The first-order chi connectivity index (χ1) is 12.4. The molecule has 1 aliphatic carbocycles. The molecule has 0 aliphatic heterocycles. The van der Waals surface area contributed by atoms with Gasteiger partial charge in [-0.3, -0.25) is 9.59 Å². The molecule has 0 unspecified atom stereocenters. The summed E-state index contributed by atoms with van der Waals surface area (Å²) >= 11 is 0. The van der Waals surface area contributed by atoms with Gasteiger partial charge in [0.25, 0.3) is 0 Å². The Morgan fingerprint density at radius 3 is 2.04 bits per heavy atom. The van der Waals surface area contributed by atoms with E-state index in [2.05, 4.69) is 13.8 Å². The minimum Gasteiger partial charge on any atom is -0.466 e. The fraction of sp³-hybridized carbons (Fsp3) is 0.900. The van der Waals surface area contributed by atoms with Crippen molar-refractivity contribution in [1.29, 1.82) is 0 Å². The molecule has 0 saturated heterocycles. The predicted octanol–water partition coefficient (Wildman–Crippen LogP) is 3.62. The Morgan fingerprint density at radius 2 is 1.54 bits per heavy atom. The molecule has 0 aromatic heterocycles. The van der Waals surface area contributed by atoms with Crippen molar-refractivity contribution in [1.82, 2.24) is 0 Å². The summed E-state index contributed by atoms with van der Waals surface area (Å²) < 4.78 is 10.5. The third-order valence-corrected chi connectivity index (χ3v) is 5.27.